The van der Waals surface area contributed by atoms with Crippen LogP contribution in [0.4, 0.5) is 0 Å². The predicted molar refractivity (Wildman–Crippen MR) is 34.9 cm³/mol. The highest BCUT2D eigenvalue weighted by Crippen LogP contribution is 1.60. The summed E-state index contributed by atoms with van der Waals surface area (Å²) in [6.07, 6.45) is 0. The Morgan fingerprint density at radius 1 is 1.44 bits per heavy atom. The number of rotatable bonds is 1. The molecule has 2 N–H and O–H groups in total. The molecule has 1 saturated heterocycles. The largest absolute Gasteiger partial charge is 0.556 e. The third-order valence-corrected chi connectivity index (χ3v) is 1.51. The van der Waals surface area contributed by atoms with Crippen LogP contribution in [0, 0.1) is 11.2 Å². The van der Waals surface area contributed by atoms with Crippen molar-refractivity contribution in [3.8, 4) is 5.97 Å². The molecule has 1 rings (SSSR count). The van der Waals surface area contributed by atoms with E-state index in [0.717, 1.165) is 26.2 Å². The first kappa shape index (κ1) is 6.59. The smallest absolute Gasteiger partial charge is 0.125 e. The SMILES string of the molecule is N#C[B-][NH+]1CCNCC1. The first-order valence-corrected chi connectivity index (χ1v) is 3.22. The Kier molecular flexibility index (Phi) is 2.56. The van der Waals surface area contributed by atoms with E-state index in [-0.39, 0.29) is 0 Å². The van der Waals surface area contributed by atoms with Gasteiger partial charge < -0.3 is 10.1 Å². The van der Waals surface area contributed by atoms with E-state index in [9.17, 15) is 0 Å². The molecule has 1 heterocycles. The number of quaternary nitrogens is 1. The molecule has 4 heteroatoms. The standard InChI is InChI=1S/C5H10BN3/c7-5-6-9-3-1-8-2-4-9/h8-9H,1-4H2. The van der Waals surface area contributed by atoms with Crippen LogP contribution in [-0.4, -0.2) is 33.6 Å². The lowest BCUT2D eigenvalue weighted by atomic mass is 9.94. The molecule has 0 aromatic heterocycles. The molecule has 0 aliphatic carbocycles. The molecule has 1 aliphatic heterocycles. The molecular formula is C5H10BN3. The molecule has 0 aromatic carbocycles. The summed E-state index contributed by atoms with van der Waals surface area (Å²) < 4.78 is 0. The van der Waals surface area contributed by atoms with Crippen LogP contribution in [0.5, 0.6) is 0 Å². The van der Waals surface area contributed by atoms with Crippen LogP contribution < -0.4 is 10.1 Å². The number of hydrogen-bond donors (Lipinski definition) is 2. The quantitative estimate of drug-likeness (QED) is 0.381. The van der Waals surface area contributed by atoms with Crippen LogP contribution in [-0.2, 0) is 0 Å². The van der Waals surface area contributed by atoms with E-state index in [1.807, 2.05) is 5.97 Å². The molecule has 0 saturated carbocycles. The van der Waals surface area contributed by atoms with Gasteiger partial charge in [0.2, 0.25) is 0 Å². The topological polar surface area (TPSA) is 40.3 Å². The zero-order chi connectivity index (χ0) is 6.53. The van der Waals surface area contributed by atoms with E-state index in [4.69, 9.17) is 5.26 Å². The Morgan fingerprint density at radius 3 is 2.67 bits per heavy atom. The van der Waals surface area contributed by atoms with Crippen molar-refractivity contribution in [3.05, 3.63) is 0 Å². The third-order valence-electron chi connectivity index (χ3n) is 1.51. The van der Waals surface area contributed by atoms with Crippen LogP contribution in [0.25, 0.3) is 0 Å². The number of nitriles is 1. The summed E-state index contributed by atoms with van der Waals surface area (Å²) >= 11 is 0. The van der Waals surface area contributed by atoms with Crippen molar-refractivity contribution in [1.29, 1.82) is 5.26 Å². The molecular weight excluding hydrogens is 113 g/mol. The average Bonchev–Trinajstić information content (AvgIpc) is 1.91. The van der Waals surface area contributed by atoms with Gasteiger partial charge in [-0.25, -0.2) is 5.26 Å². The number of nitrogens with one attached hydrogen (secondary N) is 2. The first-order valence-electron chi connectivity index (χ1n) is 3.22. The number of piperazine rings is 1. The Morgan fingerprint density at radius 2 is 2.11 bits per heavy atom. The van der Waals surface area contributed by atoms with Gasteiger partial charge >= 0.3 is 0 Å². The minimum absolute atomic E-state index is 1.04. The summed E-state index contributed by atoms with van der Waals surface area (Å²) in [5, 5.41) is 11.5. The van der Waals surface area contributed by atoms with Gasteiger partial charge in [0.25, 0.3) is 0 Å². The Bertz CT molecular complexity index is 114. The van der Waals surface area contributed by atoms with Crippen molar-refractivity contribution in [2.45, 2.75) is 0 Å². The van der Waals surface area contributed by atoms with Crippen molar-refractivity contribution < 1.29 is 4.81 Å². The molecule has 1 aliphatic rings. The monoisotopic (exact) mass is 123 g/mol. The zero-order valence-electron chi connectivity index (χ0n) is 5.35. The van der Waals surface area contributed by atoms with Crippen LogP contribution in [0.2, 0.25) is 0 Å². The van der Waals surface area contributed by atoms with Gasteiger partial charge in [0.05, 0.1) is 0 Å². The Balaban J connectivity index is 2.17. The summed E-state index contributed by atoms with van der Waals surface area (Å²) in [6.45, 7) is 4.17. The van der Waals surface area contributed by atoms with E-state index in [1.54, 1.807) is 7.41 Å². The zero-order valence-corrected chi connectivity index (χ0v) is 5.35. The Labute approximate surface area is 55.9 Å². The predicted octanol–water partition coefficient (Wildman–Crippen LogP) is -2.43. The second kappa shape index (κ2) is 3.49. The van der Waals surface area contributed by atoms with Gasteiger partial charge in [-0.2, -0.15) is 0 Å². The fourth-order valence-electron chi connectivity index (χ4n) is 0.984. The molecule has 3 nitrogen and oxygen atoms in total. The van der Waals surface area contributed by atoms with E-state index in [2.05, 4.69) is 5.32 Å². The van der Waals surface area contributed by atoms with Gasteiger partial charge in [0.1, 0.15) is 7.41 Å². The summed E-state index contributed by atoms with van der Waals surface area (Å²) in [6, 6.07) is 0. The van der Waals surface area contributed by atoms with Crippen LogP contribution in [0.1, 0.15) is 0 Å². The van der Waals surface area contributed by atoms with Crippen LogP contribution in [0.15, 0.2) is 0 Å². The molecule has 0 spiro atoms. The molecule has 48 valence electrons. The summed E-state index contributed by atoms with van der Waals surface area (Å²) in [7, 11) is 1.67. The van der Waals surface area contributed by atoms with Crippen molar-refractivity contribution in [2.75, 3.05) is 26.2 Å². The lowest BCUT2D eigenvalue weighted by Crippen LogP contribution is -3.16. The minimum atomic E-state index is 1.04. The lowest BCUT2D eigenvalue weighted by molar-refractivity contribution is -0.785. The van der Waals surface area contributed by atoms with Crippen LogP contribution >= 0.6 is 0 Å². The van der Waals surface area contributed by atoms with Gasteiger partial charge in [-0.1, -0.05) is 0 Å². The average molecular weight is 123 g/mol. The van der Waals surface area contributed by atoms with Gasteiger partial charge in [-0.05, 0) is 0 Å². The van der Waals surface area contributed by atoms with Crippen molar-refractivity contribution >= 4 is 7.41 Å². The highest BCUT2D eigenvalue weighted by molar-refractivity contribution is 6.35. The van der Waals surface area contributed by atoms with Crippen molar-refractivity contribution in [3.63, 3.8) is 0 Å². The fraction of sp³-hybridized carbons (Fsp3) is 0.800. The Hall–Kier alpha value is -0.525. The lowest BCUT2D eigenvalue weighted by Gasteiger charge is -2.31. The van der Waals surface area contributed by atoms with E-state index < -0.39 is 0 Å². The fourth-order valence-corrected chi connectivity index (χ4v) is 0.984. The molecule has 0 unspecified atom stereocenters. The van der Waals surface area contributed by atoms with E-state index in [1.165, 1.54) is 4.81 Å². The second-order valence-electron chi connectivity index (χ2n) is 2.18. The molecule has 1 fully saturated rings. The molecule has 2 radical (unpaired) electrons. The maximum absolute atomic E-state index is 8.27. The number of hydrogen-bond acceptors (Lipinski definition) is 2. The van der Waals surface area contributed by atoms with Crippen molar-refractivity contribution in [2.24, 2.45) is 0 Å². The molecule has 0 bridgehead atoms. The molecule has 0 atom stereocenters. The van der Waals surface area contributed by atoms with Gasteiger partial charge in [-0.3, -0.25) is 0 Å². The molecule has 0 aromatic rings. The van der Waals surface area contributed by atoms with Gasteiger partial charge in [0.15, 0.2) is 0 Å². The highest BCUT2D eigenvalue weighted by atomic mass is 15.1. The summed E-state index contributed by atoms with van der Waals surface area (Å²) in [4.78, 5) is 1.29. The number of nitrogens with zero attached hydrogens (tertiary/aromatic N) is 1. The van der Waals surface area contributed by atoms with Crippen LogP contribution in [0.3, 0.4) is 0 Å². The van der Waals surface area contributed by atoms with Crippen molar-refractivity contribution in [1.82, 2.24) is 5.32 Å². The molecule has 0 amide bonds. The second-order valence-corrected chi connectivity index (χ2v) is 2.18. The normalized spacial score (nSPS) is 21.2. The molecule has 9 heavy (non-hydrogen) atoms. The maximum Gasteiger partial charge on any atom is 0.125 e. The summed E-state index contributed by atoms with van der Waals surface area (Å²) in [5.74, 6) is 2.05. The van der Waals surface area contributed by atoms with E-state index in [0.29, 0.717) is 0 Å². The van der Waals surface area contributed by atoms with Gasteiger partial charge in [0, 0.05) is 26.2 Å². The maximum atomic E-state index is 8.27. The minimum Gasteiger partial charge on any atom is -0.556 e. The summed E-state index contributed by atoms with van der Waals surface area (Å²) in [5.41, 5.74) is 0. The van der Waals surface area contributed by atoms with Gasteiger partial charge in [-0.15, -0.1) is 5.97 Å². The third kappa shape index (κ3) is 2.04. The first-order chi connectivity index (χ1) is 4.43. The highest BCUT2D eigenvalue weighted by Gasteiger charge is 2.02. The van der Waals surface area contributed by atoms with E-state index >= 15 is 0 Å².